The van der Waals surface area contributed by atoms with Crippen LogP contribution in [-0.4, -0.2) is 6.04 Å². The van der Waals surface area contributed by atoms with Gasteiger partial charge in [-0.3, -0.25) is 0 Å². The van der Waals surface area contributed by atoms with E-state index >= 15 is 0 Å². The molecule has 0 bridgehead atoms. The van der Waals surface area contributed by atoms with Gasteiger partial charge in [0.25, 0.3) is 0 Å². The SMILES string of the molecule is CC(C)Cc1ccc(C(C)NC2CCCCCC2)cc1. The maximum atomic E-state index is 3.84. The van der Waals surface area contributed by atoms with Crippen LogP contribution in [0.4, 0.5) is 0 Å². The Kier molecular flexibility index (Phi) is 6.09. The molecule has 0 heterocycles. The predicted molar refractivity (Wildman–Crippen MR) is 88.0 cm³/mol. The highest BCUT2D eigenvalue weighted by molar-refractivity contribution is 5.25. The Hall–Kier alpha value is -0.820. The minimum atomic E-state index is 0.478. The summed E-state index contributed by atoms with van der Waals surface area (Å²) < 4.78 is 0. The molecule has 0 aliphatic heterocycles. The second kappa shape index (κ2) is 7.83. The first-order valence-electron chi connectivity index (χ1n) is 8.50. The second-order valence-corrected chi connectivity index (χ2v) is 6.92. The molecule has 1 aliphatic rings. The Morgan fingerprint density at radius 2 is 1.55 bits per heavy atom. The van der Waals surface area contributed by atoms with Crippen LogP contribution in [0.25, 0.3) is 0 Å². The van der Waals surface area contributed by atoms with Crippen molar-refractivity contribution < 1.29 is 0 Å². The summed E-state index contributed by atoms with van der Waals surface area (Å²) in [7, 11) is 0. The summed E-state index contributed by atoms with van der Waals surface area (Å²) in [5.41, 5.74) is 2.90. The highest BCUT2D eigenvalue weighted by Crippen LogP contribution is 2.21. The summed E-state index contributed by atoms with van der Waals surface area (Å²) in [5.74, 6) is 0.738. The van der Waals surface area contributed by atoms with Gasteiger partial charge < -0.3 is 5.32 Å². The van der Waals surface area contributed by atoms with E-state index in [0.717, 1.165) is 12.0 Å². The van der Waals surface area contributed by atoms with Crippen LogP contribution in [0.1, 0.15) is 76.5 Å². The Bertz CT molecular complexity index is 371. The van der Waals surface area contributed by atoms with Crippen LogP contribution in [0.2, 0.25) is 0 Å². The van der Waals surface area contributed by atoms with E-state index in [4.69, 9.17) is 0 Å². The lowest BCUT2D eigenvalue weighted by atomic mass is 9.99. The molecule has 1 heteroatoms. The fourth-order valence-corrected chi connectivity index (χ4v) is 3.31. The highest BCUT2D eigenvalue weighted by atomic mass is 14.9. The third kappa shape index (κ3) is 4.94. The summed E-state index contributed by atoms with van der Waals surface area (Å²) in [6, 6.07) is 10.4. The van der Waals surface area contributed by atoms with Gasteiger partial charge in [-0.15, -0.1) is 0 Å². The van der Waals surface area contributed by atoms with E-state index in [1.807, 2.05) is 0 Å². The van der Waals surface area contributed by atoms with Gasteiger partial charge in [-0.1, -0.05) is 63.8 Å². The first-order valence-corrected chi connectivity index (χ1v) is 8.50. The average molecular weight is 273 g/mol. The molecule has 1 unspecified atom stereocenters. The van der Waals surface area contributed by atoms with Gasteiger partial charge in [0.2, 0.25) is 0 Å². The maximum Gasteiger partial charge on any atom is 0.0294 e. The number of rotatable bonds is 5. The Balaban J connectivity index is 1.89. The third-order valence-electron chi connectivity index (χ3n) is 4.46. The van der Waals surface area contributed by atoms with Crippen LogP contribution in [0.15, 0.2) is 24.3 Å². The van der Waals surface area contributed by atoms with Crippen LogP contribution in [0, 0.1) is 5.92 Å². The molecule has 0 aromatic heterocycles. The summed E-state index contributed by atoms with van der Waals surface area (Å²) in [4.78, 5) is 0. The largest absolute Gasteiger partial charge is 0.307 e. The van der Waals surface area contributed by atoms with Crippen LogP contribution in [-0.2, 0) is 6.42 Å². The number of benzene rings is 1. The molecule has 0 saturated heterocycles. The van der Waals surface area contributed by atoms with Crippen LogP contribution in [0.3, 0.4) is 0 Å². The molecule has 1 nitrogen and oxygen atoms in total. The molecule has 1 aromatic rings. The summed E-state index contributed by atoms with van der Waals surface area (Å²) in [6.07, 6.45) is 9.55. The zero-order valence-corrected chi connectivity index (χ0v) is 13.5. The zero-order valence-electron chi connectivity index (χ0n) is 13.5. The van der Waals surface area contributed by atoms with Gasteiger partial charge in [0, 0.05) is 12.1 Å². The van der Waals surface area contributed by atoms with Gasteiger partial charge in [-0.2, -0.15) is 0 Å². The summed E-state index contributed by atoms with van der Waals surface area (Å²) >= 11 is 0. The number of hydrogen-bond donors (Lipinski definition) is 1. The molecule has 0 radical (unpaired) electrons. The van der Waals surface area contributed by atoms with Crippen molar-refractivity contribution in [3.8, 4) is 0 Å². The molecule has 112 valence electrons. The lowest BCUT2D eigenvalue weighted by Crippen LogP contribution is -2.31. The lowest BCUT2D eigenvalue weighted by molar-refractivity contribution is 0.414. The van der Waals surface area contributed by atoms with Crippen molar-refractivity contribution >= 4 is 0 Å². The molecule has 20 heavy (non-hydrogen) atoms. The molecule has 1 N–H and O–H groups in total. The molecule has 0 spiro atoms. The van der Waals surface area contributed by atoms with E-state index in [2.05, 4.69) is 50.4 Å². The van der Waals surface area contributed by atoms with Crippen molar-refractivity contribution in [2.45, 2.75) is 77.8 Å². The van der Waals surface area contributed by atoms with Crippen molar-refractivity contribution in [3.63, 3.8) is 0 Å². The Labute approximate surface area is 125 Å². The van der Waals surface area contributed by atoms with Gasteiger partial charge in [-0.05, 0) is 43.2 Å². The van der Waals surface area contributed by atoms with Crippen molar-refractivity contribution in [3.05, 3.63) is 35.4 Å². The predicted octanol–water partition coefficient (Wildman–Crippen LogP) is 5.26. The fourth-order valence-electron chi connectivity index (χ4n) is 3.31. The minimum absolute atomic E-state index is 0.478. The van der Waals surface area contributed by atoms with E-state index < -0.39 is 0 Å². The van der Waals surface area contributed by atoms with Gasteiger partial charge in [0.15, 0.2) is 0 Å². The van der Waals surface area contributed by atoms with E-state index in [0.29, 0.717) is 6.04 Å². The van der Waals surface area contributed by atoms with Crippen LogP contribution >= 0.6 is 0 Å². The summed E-state index contributed by atoms with van der Waals surface area (Å²) in [6.45, 7) is 6.87. The van der Waals surface area contributed by atoms with Gasteiger partial charge in [0.05, 0.1) is 0 Å². The molecule has 1 atom stereocenters. The minimum Gasteiger partial charge on any atom is -0.307 e. The third-order valence-corrected chi connectivity index (χ3v) is 4.46. The van der Waals surface area contributed by atoms with Crippen molar-refractivity contribution in [1.29, 1.82) is 0 Å². The quantitative estimate of drug-likeness (QED) is 0.722. The molecule has 1 saturated carbocycles. The zero-order chi connectivity index (χ0) is 14.4. The summed E-state index contributed by atoms with van der Waals surface area (Å²) in [5, 5.41) is 3.84. The molecular formula is C19H31N. The molecule has 1 aromatic carbocycles. The van der Waals surface area contributed by atoms with Crippen molar-refractivity contribution in [2.24, 2.45) is 5.92 Å². The molecule has 1 fully saturated rings. The van der Waals surface area contributed by atoms with Crippen LogP contribution < -0.4 is 5.32 Å². The molecular weight excluding hydrogens is 242 g/mol. The Morgan fingerprint density at radius 3 is 2.10 bits per heavy atom. The van der Waals surface area contributed by atoms with Gasteiger partial charge >= 0.3 is 0 Å². The van der Waals surface area contributed by atoms with E-state index in [1.54, 1.807) is 0 Å². The fraction of sp³-hybridized carbons (Fsp3) is 0.684. The van der Waals surface area contributed by atoms with E-state index in [-0.39, 0.29) is 0 Å². The highest BCUT2D eigenvalue weighted by Gasteiger charge is 2.15. The average Bonchev–Trinajstić information content (AvgIpc) is 2.67. The van der Waals surface area contributed by atoms with Crippen LogP contribution in [0.5, 0.6) is 0 Å². The maximum absolute atomic E-state index is 3.84. The monoisotopic (exact) mass is 273 g/mol. The second-order valence-electron chi connectivity index (χ2n) is 6.92. The lowest BCUT2D eigenvalue weighted by Gasteiger charge is -2.22. The normalized spacial score (nSPS) is 19.0. The number of hydrogen-bond acceptors (Lipinski definition) is 1. The standard InChI is InChI=1S/C19H31N/c1-15(2)14-17-10-12-18(13-11-17)16(3)20-19-8-6-4-5-7-9-19/h10-13,15-16,19-20H,4-9,14H2,1-3H3. The smallest absolute Gasteiger partial charge is 0.0294 e. The van der Waals surface area contributed by atoms with Crippen molar-refractivity contribution in [2.75, 3.05) is 0 Å². The first-order chi connectivity index (χ1) is 9.65. The molecule has 2 rings (SSSR count). The van der Waals surface area contributed by atoms with Gasteiger partial charge in [0.1, 0.15) is 0 Å². The topological polar surface area (TPSA) is 12.0 Å². The van der Waals surface area contributed by atoms with Crippen molar-refractivity contribution in [1.82, 2.24) is 5.32 Å². The first kappa shape index (κ1) is 15.6. The van der Waals surface area contributed by atoms with E-state index in [1.165, 1.54) is 56.1 Å². The Morgan fingerprint density at radius 1 is 0.950 bits per heavy atom. The number of nitrogens with one attached hydrogen (secondary N) is 1. The molecule has 0 amide bonds. The van der Waals surface area contributed by atoms with Gasteiger partial charge in [-0.25, -0.2) is 0 Å². The molecule has 1 aliphatic carbocycles. The van der Waals surface area contributed by atoms with E-state index in [9.17, 15) is 0 Å².